The van der Waals surface area contributed by atoms with E-state index in [0.29, 0.717) is 33.2 Å². The van der Waals surface area contributed by atoms with Crippen LogP contribution in [0.3, 0.4) is 0 Å². The SMILES string of the molecule is Cc1cccc(Nc2nc(C(=O)Nc3nc(-c4ccco4)cs3)cs2)n1. The second-order valence-corrected chi connectivity index (χ2v) is 7.01. The quantitative estimate of drug-likeness (QED) is 0.525. The van der Waals surface area contributed by atoms with Crippen LogP contribution in [0.5, 0.6) is 0 Å². The molecule has 0 aliphatic rings. The molecular weight excluding hydrogens is 370 g/mol. The zero-order chi connectivity index (χ0) is 17.9. The number of hydrogen-bond acceptors (Lipinski definition) is 8. The van der Waals surface area contributed by atoms with Crippen molar-refractivity contribution in [3.63, 3.8) is 0 Å². The molecule has 0 spiro atoms. The maximum atomic E-state index is 12.4. The number of aryl methyl sites for hydroxylation is 1. The van der Waals surface area contributed by atoms with Gasteiger partial charge in [-0.05, 0) is 31.2 Å². The van der Waals surface area contributed by atoms with Crippen LogP contribution in [0.1, 0.15) is 16.2 Å². The van der Waals surface area contributed by atoms with Crippen LogP contribution in [0.2, 0.25) is 0 Å². The summed E-state index contributed by atoms with van der Waals surface area (Å²) in [5.74, 6) is 1.04. The lowest BCUT2D eigenvalue weighted by molar-refractivity contribution is 0.102. The Hall–Kier alpha value is -3.04. The summed E-state index contributed by atoms with van der Waals surface area (Å²) >= 11 is 2.67. The number of carbonyl (C=O) groups excluding carboxylic acids is 1. The Kier molecular flexibility index (Phi) is 4.46. The van der Waals surface area contributed by atoms with E-state index in [9.17, 15) is 4.79 Å². The van der Waals surface area contributed by atoms with E-state index >= 15 is 0 Å². The van der Waals surface area contributed by atoms with E-state index in [0.717, 1.165) is 5.69 Å². The number of furan rings is 1. The minimum absolute atomic E-state index is 0.313. The summed E-state index contributed by atoms with van der Waals surface area (Å²) in [5, 5.41) is 10.5. The number of hydrogen-bond donors (Lipinski definition) is 2. The van der Waals surface area contributed by atoms with Gasteiger partial charge in [-0.1, -0.05) is 6.07 Å². The molecule has 0 bridgehead atoms. The zero-order valence-corrected chi connectivity index (χ0v) is 15.2. The van der Waals surface area contributed by atoms with Crippen LogP contribution in [0.4, 0.5) is 16.1 Å². The molecule has 0 aromatic carbocycles. The van der Waals surface area contributed by atoms with Crippen LogP contribution >= 0.6 is 22.7 Å². The van der Waals surface area contributed by atoms with Gasteiger partial charge in [0.2, 0.25) is 0 Å². The van der Waals surface area contributed by atoms with Crippen LogP contribution < -0.4 is 10.6 Å². The van der Waals surface area contributed by atoms with Crippen molar-refractivity contribution in [2.45, 2.75) is 6.92 Å². The van der Waals surface area contributed by atoms with Crippen molar-refractivity contribution in [1.29, 1.82) is 0 Å². The normalized spacial score (nSPS) is 10.7. The van der Waals surface area contributed by atoms with E-state index in [-0.39, 0.29) is 5.91 Å². The van der Waals surface area contributed by atoms with E-state index in [1.807, 2.05) is 36.6 Å². The van der Waals surface area contributed by atoms with Crippen LogP contribution in [0.25, 0.3) is 11.5 Å². The number of anilines is 3. The third-order valence-electron chi connectivity index (χ3n) is 3.36. The maximum absolute atomic E-state index is 12.4. The Morgan fingerprint density at radius 1 is 1.04 bits per heavy atom. The molecule has 4 heterocycles. The number of pyridine rings is 1. The maximum Gasteiger partial charge on any atom is 0.276 e. The van der Waals surface area contributed by atoms with Crippen molar-refractivity contribution in [3.8, 4) is 11.5 Å². The smallest absolute Gasteiger partial charge is 0.276 e. The van der Waals surface area contributed by atoms with Crippen LogP contribution in [0, 0.1) is 6.92 Å². The molecule has 7 nitrogen and oxygen atoms in total. The molecule has 4 aromatic rings. The predicted octanol–water partition coefficient (Wildman–Crippen LogP) is 4.56. The molecule has 4 aromatic heterocycles. The first kappa shape index (κ1) is 16.4. The molecule has 0 atom stereocenters. The zero-order valence-electron chi connectivity index (χ0n) is 13.6. The third-order valence-corrected chi connectivity index (χ3v) is 4.87. The van der Waals surface area contributed by atoms with Gasteiger partial charge in [-0.25, -0.2) is 15.0 Å². The Morgan fingerprint density at radius 2 is 1.92 bits per heavy atom. The summed E-state index contributed by atoms with van der Waals surface area (Å²) in [6.45, 7) is 1.91. The van der Waals surface area contributed by atoms with E-state index in [1.165, 1.54) is 22.7 Å². The highest BCUT2D eigenvalue weighted by Gasteiger charge is 2.14. The van der Waals surface area contributed by atoms with Crippen molar-refractivity contribution in [1.82, 2.24) is 15.0 Å². The van der Waals surface area contributed by atoms with Crippen LogP contribution in [-0.4, -0.2) is 20.9 Å². The van der Waals surface area contributed by atoms with Crippen molar-refractivity contribution in [2.75, 3.05) is 10.6 Å². The summed E-state index contributed by atoms with van der Waals surface area (Å²) in [7, 11) is 0. The minimum atomic E-state index is -0.313. The van der Waals surface area contributed by atoms with Gasteiger partial charge in [-0.2, -0.15) is 0 Å². The molecule has 0 saturated heterocycles. The Labute approximate surface area is 156 Å². The van der Waals surface area contributed by atoms with Crippen molar-refractivity contribution >= 4 is 44.7 Å². The number of aromatic nitrogens is 3. The molecular formula is C17H13N5O2S2. The average molecular weight is 383 g/mol. The van der Waals surface area contributed by atoms with Gasteiger partial charge >= 0.3 is 0 Å². The van der Waals surface area contributed by atoms with Crippen LogP contribution in [-0.2, 0) is 0 Å². The topological polar surface area (TPSA) is 92.9 Å². The van der Waals surface area contributed by atoms with Gasteiger partial charge in [-0.3, -0.25) is 10.1 Å². The molecule has 9 heteroatoms. The molecule has 0 radical (unpaired) electrons. The summed E-state index contributed by atoms with van der Waals surface area (Å²) in [4.78, 5) is 25.4. The summed E-state index contributed by atoms with van der Waals surface area (Å²) in [5.41, 5.74) is 1.90. The fourth-order valence-corrected chi connectivity index (χ4v) is 3.58. The number of nitrogens with one attached hydrogen (secondary N) is 2. The lowest BCUT2D eigenvalue weighted by Crippen LogP contribution is -2.12. The third kappa shape index (κ3) is 3.63. The molecule has 2 N–H and O–H groups in total. The lowest BCUT2D eigenvalue weighted by Gasteiger charge is -2.01. The highest BCUT2D eigenvalue weighted by Crippen LogP contribution is 2.26. The standard InChI is InChI=1S/C17H13N5O2S2/c1-10-4-2-6-14(18-10)21-16-20-12(9-26-16)15(23)22-17-19-11(8-25-17)13-5-3-7-24-13/h2-9H,1H3,(H,18,20,21)(H,19,22,23). The van der Waals surface area contributed by atoms with Gasteiger partial charge in [0.05, 0.1) is 6.26 Å². The van der Waals surface area contributed by atoms with Gasteiger partial charge in [-0.15, -0.1) is 22.7 Å². The lowest BCUT2D eigenvalue weighted by atomic mass is 10.4. The Bertz CT molecular complexity index is 1040. The molecule has 0 fully saturated rings. The van der Waals surface area contributed by atoms with E-state index in [2.05, 4.69) is 25.6 Å². The first-order valence-corrected chi connectivity index (χ1v) is 9.40. The molecule has 130 valence electrons. The first-order valence-electron chi connectivity index (χ1n) is 7.64. The van der Waals surface area contributed by atoms with E-state index in [1.54, 1.807) is 17.7 Å². The minimum Gasteiger partial charge on any atom is -0.463 e. The monoisotopic (exact) mass is 383 g/mol. The number of amides is 1. The van der Waals surface area contributed by atoms with Crippen molar-refractivity contribution in [3.05, 3.63) is 58.7 Å². The molecule has 0 aliphatic carbocycles. The first-order chi connectivity index (χ1) is 12.7. The molecule has 0 saturated carbocycles. The second kappa shape index (κ2) is 7.06. The number of carbonyl (C=O) groups is 1. The molecule has 1 amide bonds. The molecule has 0 aliphatic heterocycles. The fraction of sp³-hybridized carbons (Fsp3) is 0.0588. The average Bonchev–Trinajstić information content (AvgIpc) is 3.36. The van der Waals surface area contributed by atoms with Gasteiger partial charge in [0.25, 0.3) is 5.91 Å². The molecule has 0 unspecified atom stereocenters. The number of rotatable bonds is 5. The highest BCUT2D eigenvalue weighted by atomic mass is 32.1. The molecule has 26 heavy (non-hydrogen) atoms. The summed E-state index contributed by atoms with van der Waals surface area (Å²) in [6.07, 6.45) is 1.58. The van der Waals surface area contributed by atoms with Gasteiger partial charge in [0.1, 0.15) is 17.2 Å². The summed E-state index contributed by atoms with van der Waals surface area (Å²) in [6, 6.07) is 9.28. The second-order valence-electron chi connectivity index (χ2n) is 5.30. The predicted molar refractivity (Wildman–Crippen MR) is 102 cm³/mol. The number of nitrogens with zero attached hydrogens (tertiary/aromatic N) is 3. The van der Waals surface area contributed by atoms with Gasteiger partial charge in [0.15, 0.2) is 16.0 Å². The van der Waals surface area contributed by atoms with E-state index in [4.69, 9.17) is 4.42 Å². The van der Waals surface area contributed by atoms with Gasteiger partial charge in [0, 0.05) is 16.5 Å². The Balaban J connectivity index is 1.43. The van der Waals surface area contributed by atoms with Crippen molar-refractivity contribution in [2.24, 2.45) is 0 Å². The van der Waals surface area contributed by atoms with Crippen molar-refractivity contribution < 1.29 is 9.21 Å². The largest absolute Gasteiger partial charge is 0.463 e. The van der Waals surface area contributed by atoms with Gasteiger partial charge < -0.3 is 9.73 Å². The fourth-order valence-electron chi connectivity index (χ4n) is 2.19. The summed E-state index contributed by atoms with van der Waals surface area (Å²) < 4.78 is 5.30. The van der Waals surface area contributed by atoms with E-state index < -0.39 is 0 Å². The number of thiazole rings is 2. The van der Waals surface area contributed by atoms with Crippen LogP contribution in [0.15, 0.2) is 51.8 Å². The molecule has 4 rings (SSSR count). The Morgan fingerprint density at radius 3 is 2.73 bits per heavy atom. The highest BCUT2D eigenvalue weighted by molar-refractivity contribution is 7.14.